The largest absolute Gasteiger partial charge is 0.495 e. The summed E-state index contributed by atoms with van der Waals surface area (Å²) in [6.07, 6.45) is 0.165. The molecule has 28 heavy (non-hydrogen) atoms. The highest BCUT2D eigenvalue weighted by molar-refractivity contribution is 6.31. The van der Waals surface area contributed by atoms with Gasteiger partial charge in [0, 0.05) is 27.7 Å². The quantitative estimate of drug-likeness (QED) is 0.706. The lowest BCUT2D eigenvalue weighted by Crippen LogP contribution is -2.16. The van der Waals surface area contributed by atoms with Gasteiger partial charge in [0.25, 0.3) is 5.95 Å². The van der Waals surface area contributed by atoms with Crippen LogP contribution >= 0.6 is 11.6 Å². The first-order valence-corrected chi connectivity index (χ1v) is 9.17. The van der Waals surface area contributed by atoms with Gasteiger partial charge in [0.05, 0.1) is 24.9 Å². The zero-order valence-corrected chi connectivity index (χ0v) is 17.3. The molecule has 2 aromatic heterocycles. The zero-order chi connectivity index (χ0) is 20.4. The van der Waals surface area contributed by atoms with Crippen molar-refractivity contribution in [3.05, 3.63) is 57.6 Å². The Morgan fingerprint density at radius 3 is 2.46 bits per heavy atom. The van der Waals surface area contributed by atoms with Gasteiger partial charge in [0.1, 0.15) is 5.75 Å². The van der Waals surface area contributed by atoms with Crippen LogP contribution in [0.15, 0.2) is 24.3 Å². The van der Waals surface area contributed by atoms with Crippen LogP contribution in [0.5, 0.6) is 5.75 Å². The minimum Gasteiger partial charge on any atom is -0.495 e. The van der Waals surface area contributed by atoms with E-state index in [1.807, 2.05) is 33.8 Å². The monoisotopic (exact) mass is 399 g/mol. The topological polar surface area (TPSA) is 81.9 Å². The molecule has 146 valence electrons. The third-order valence-corrected chi connectivity index (χ3v) is 4.61. The van der Waals surface area contributed by atoms with E-state index >= 15 is 0 Å². The molecule has 1 amide bonds. The summed E-state index contributed by atoms with van der Waals surface area (Å²) in [6, 6.07) is 6.98. The van der Waals surface area contributed by atoms with E-state index < -0.39 is 0 Å². The van der Waals surface area contributed by atoms with Gasteiger partial charge in [-0.2, -0.15) is 5.10 Å². The Kier molecular flexibility index (Phi) is 5.65. The number of methoxy groups -OCH3 is 1. The molecule has 7 nitrogen and oxygen atoms in total. The highest BCUT2D eigenvalue weighted by Crippen LogP contribution is 2.28. The highest BCUT2D eigenvalue weighted by Gasteiger charge is 2.18. The molecule has 0 aliphatic carbocycles. The molecule has 8 heteroatoms. The van der Waals surface area contributed by atoms with Crippen molar-refractivity contribution in [1.29, 1.82) is 0 Å². The summed E-state index contributed by atoms with van der Waals surface area (Å²) >= 11 is 6.03. The first-order valence-electron chi connectivity index (χ1n) is 8.79. The van der Waals surface area contributed by atoms with Crippen LogP contribution < -0.4 is 10.1 Å². The fourth-order valence-electron chi connectivity index (χ4n) is 3.06. The average molecular weight is 400 g/mol. The number of carbonyl (C=O) groups excluding carboxylic acids is 1. The Morgan fingerprint density at radius 1 is 1.14 bits per heavy atom. The maximum absolute atomic E-state index is 12.6. The molecule has 0 bridgehead atoms. The van der Waals surface area contributed by atoms with E-state index in [-0.39, 0.29) is 12.3 Å². The Hall–Kier alpha value is -2.93. The van der Waals surface area contributed by atoms with Gasteiger partial charge in [0.15, 0.2) is 0 Å². The summed E-state index contributed by atoms with van der Waals surface area (Å²) in [5, 5.41) is 7.91. The van der Waals surface area contributed by atoms with Crippen LogP contribution in [0.4, 0.5) is 5.69 Å². The number of halogens is 1. The van der Waals surface area contributed by atoms with Crippen molar-refractivity contribution in [2.75, 3.05) is 12.4 Å². The van der Waals surface area contributed by atoms with Gasteiger partial charge in [-0.1, -0.05) is 11.6 Å². The molecule has 3 rings (SSSR count). The van der Waals surface area contributed by atoms with E-state index in [0.29, 0.717) is 22.4 Å². The number of benzene rings is 1. The van der Waals surface area contributed by atoms with Crippen LogP contribution in [-0.2, 0) is 11.2 Å². The number of anilines is 1. The molecular formula is C20H22ClN5O2. The van der Waals surface area contributed by atoms with Crippen LogP contribution in [0.1, 0.15) is 28.3 Å². The van der Waals surface area contributed by atoms with Crippen molar-refractivity contribution in [3.8, 4) is 11.7 Å². The molecule has 1 aromatic carbocycles. The van der Waals surface area contributed by atoms with Crippen molar-refractivity contribution in [2.45, 2.75) is 34.1 Å². The molecule has 0 saturated carbocycles. The SMILES string of the molecule is COc1ccc(Cl)cc1NC(=O)Cc1c(C)nn(-c2nc(C)cc(C)n2)c1C. The number of rotatable bonds is 5. The summed E-state index contributed by atoms with van der Waals surface area (Å²) in [6.45, 7) is 7.60. The van der Waals surface area contributed by atoms with Crippen LogP contribution in [0, 0.1) is 27.7 Å². The number of carbonyl (C=O) groups is 1. The molecule has 0 unspecified atom stereocenters. The van der Waals surface area contributed by atoms with Crippen molar-refractivity contribution in [1.82, 2.24) is 19.7 Å². The van der Waals surface area contributed by atoms with Crippen molar-refractivity contribution >= 4 is 23.2 Å². The van der Waals surface area contributed by atoms with E-state index in [1.54, 1.807) is 30.0 Å². The molecule has 0 saturated heterocycles. The molecule has 0 atom stereocenters. The Labute approximate surface area is 168 Å². The van der Waals surface area contributed by atoms with Gasteiger partial charge in [-0.05, 0) is 52.0 Å². The number of ether oxygens (including phenoxy) is 1. The van der Waals surface area contributed by atoms with Gasteiger partial charge in [-0.3, -0.25) is 4.79 Å². The van der Waals surface area contributed by atoms with Crippen LogP contribution in [0.3, 0.4) is 0 Å². The lowest BCUT2D eigenvalue weighted by atomic mass is 10.1. The number of nitrogens with one attached hydrogen (secondary N) is 1. The summed E-state index contributed by atoms with van der Waals surface area (Å²) in [4.78, 5) is 21.6. The Morgan fingerprint density at radius 2 is 1.82 bits per heavy atom. The number of aryl methyl sites for hydroxylation is 3. The number of aromatic nitrogens is 4. The zero-order valence-electron chi connectivity index (χ0n) is 16.5. The maximum Gasteiger partial charge on any atom is 0.251 e. The molecule has 0 spiro atoms. The Bertz CT molecular complexity index is 1030. The fraction of sp³-hybridized carbons (Fsp3) is 0.300. The Balaban J connectivity index is 1.86. The number of nitrogens with zero attached hydrogens (tertiary/aromatic N) is 4. The van der Waals surface area contributed by atoms with E-state index in [4.69, 9.17) is 16.3 Å². The summed E-state index contributed by atoms with van der Waals surface area (Å²) in [5.74, 6) is 0.861. The fourth-order valence-corrected chi connectivity index (χ4v) is 3.23. The minimum atomic E-state index is -0.187. The summed E-state index contributed by atoms with van der Waals surface area (Å²) in [5.41, 5.74) is 4.68. The second kappa shape index (κ2) is 7.98. The second-order valence-corrected chi connectivity index (χ2v) is 7.02. The van der Waals surface area contributed by atoms with Crippen molar-refractivity contribution < 1.29 is 9.53 Å². The van der Waals surface area contributed by atoms with Gasteiger partial charge < -0.3 is 10.1 Å². The number of amides is 1. The van der Waals surface area contributed by atoms with Gasteiger partial charge in [0.2, 0.25) is 5.91 Å². The summed E-state index contributed by atoms with van der Waals surface area (Å²) in [7, 11) is 1.54. The molecule has 0 fully saturated rings. The van der Waals surface area contributed by atoms with Gasteiger partial charge in [-0.25, -0.2) is 14.6 Å². The first kappa shape index (κ1) is 19.8. The molecule has 0 radical (unpaired) electrons. The number of hydrogen-bond donors (Lipinski definition) is 1. The average Bonchev–Trinajstić information content (AvgIpc) is 2.89. The number of hydrogen-bond acceptors (Lipinski definition) is 5. The predicted molar refractivity (Wildman–Crippen MR) is 108 cm³/mol. The smallest absolute Gasteiger partial charge is 0.251 e. The van der Waals surface area contributed by atoms with E-state index in [1.165, 1.54) is 0 Å². The molecule has 1 N–H and O–H groups in total. The summed E-state index contributed by atoms with van der Waals surface area (Å²) < 4.78 is 6.96. The van der Waals surface area contributed by atoms with Crippen LogP contribution in [-0.4, -0.2) is 32.8 Å². The predicted octanol–water partition coefficient (Wildman–Crippen LogP) is 3.74. The minimum absolute atomic E-state index is 0.165. The maximum atomic E-state index is 12.6. The van der Waals surface area contributed by atoms with Gasteiger partial charge >= 0.3 is 0 Å². The van der Waals surface area contributed by atoms with E-state index in [0.717, 1.165) is 28.3 Å². The van der Waals surface area contributed by atoms with Crippen molar-refractivity contribution in [3.63, 3.8) is 0 Å². The third-order valence-electron chi connectivity index (χ3n) is 4.37. The van der Waals surface area contributed by atoms with E-state index in [2.05, 4.69) is 20.4 Å². The lowest BCUT2D eigenvalue weighted by molar-refractivity contribution is -0.115. The third kappa shape index (κ3) is 4.14. The van der Waals surface area contributed by atoms with Crippen molar-refractivity contribution in [2.24, 2.45) is 0 Å². The first-order chi connectivity index (χ1) is 13.3. The highest BCUT2D eigenvalue weighted by atomic mass is 35.5. The lowest BCUT2D eigenvalue weighted by Gasteiger charge is -2.11. The standard InChI is InChI=1S/C20H22ClN5O2/c1-11-8-12(2)23-20(22-11)26-14(4)16(13(3)25-26)10-19(27)24-17-9-15(21)6-7-18(17)28-5/h6-9H,10H2,1-5H3,(H,24,27). The second-order valence-electron chi connectivity index (χ2n) is 6.58. The van der Waals surface area contributed by atoms with Gasteiger partial charge in [-0.15, -0.1) is 0 Å². The van der Waals surface area contributed by atoms with Crippen LogP contribution in [0.2, 0.25) is 5.02 Å². The molecule has 2 heterocycles. The normalized spacial score (nSPS) is 10.8. The molecule has 0 aliphatic rings. The molecular weight excluding hydrogens is 378 g/mol. The van der Waals surface area contributed by atoms with E-state index in [9.17, 15) is 4.79 Å². The molecule has 0 aliphatic heterocycles. The van der Waals surface area contributed by atoms with Crippen LogP contribution in [0.25, 0.3) is 5.95 Å². The molecule has 3 aromatic rings.